The number of para-hydroxylation sites is 1. The van der Waals surface area contributed by atoms with Crippen LogP contribution in [-0.2, 0) is 16.1 Å². The van der Waals surface area contributed by atoms with Gasteiger partial charge in [-0.2, -0.15) is 0 Å². The molecule has 2 aliphatic rings. The van der Waals surface area contributed by atoms with E-state index in [0.717, 1.165) is 36.9 Å². The van der Waals surface area contributed by atoms with E-state index in [0.29, 0.717) is 9.52 Å². The summed E-state index contributed by atoms with van der Waals surface area (Å²) < 4.78 is 16.6. The molecule has 1 saturated carbocycles. The first kappa shape index (κ1) is 22.1. The van der Waals surface area contributed by atoms with Gasteiger partial charge in [0.2, 0.25) is 5.91 Å². The third kappa shape index (κ3) is 4.16. The summed E-state index contributed by atoms with van der Waals surface area (Å²) in [4.78, 5) is 35.2. The molecule has 170 valence electrons. The Morgan fingerprint density at radius 2 is 1.91 bits per heavy atom. The zero-order valence-corrected chi connectivity index (χ0v) is 20.2. The summed E-state index contributed by atoms with van der Waals surface area (Å²) in [5, 5.41) is 0. The Hall–Kier alpha value is -2.75. The first-order valence-electron chi connectivity index (χ1n) is 11.2. The van der Waals surface area contributed by atoms with Crippen LogP contribution in [0.2, 0.25) is 0 Å². The molecule has 0 saturated heterocycles. The number of anilines is 2. The van der Waals surface area contributed by atoms with Crippen LogP contribution in [0.1, 0.15) is 43.7 Å². The molecule has 6 nitrogen and oxygen atoms in total. The molecule has 1 fully saturated rings. The Bertz CT molecular complexity index is 1190. The number of rotatable bonds is 5. The van der Waals surface area contributed by atoms with Crippen molar-refractivity contribution < 1.29 is 14.0 Å². The SMILES string of the molecule is O=C1C(N(C(=O)Cn2ccnc2I)c2cccc(F)c2)c2ccccc2N1C1CCCCC1. The highest BCUT2D eigenvalue weighted by Gasteiger charge is 2.45. The van der Waals surface area contributed by atoms with Gasteiger partial charge in [0.15, 0.2) is 3.83 Å². The summed E-state index contributed by atoms with van der Waals surface area (Å²) >= 11 is 2.06. The average Bonchev–Trinajstić information content (AvgIpc) is 3.35. The maximum atomic E-state index is 14.2. The predicted molar refractivity (Wildman–Crippen MR) is 132 cm³/mol. The third-order valence-electron chi connectivity index (χ3n) is 6.49. The summed E-state index contributed by atoms with van der Waals surface area (Å²) in [6.45, 7) is 0.00413. The molecular weight excluding hydrogens is 534 g/mol. The second kappa shape index (κ2) is 9.24. The molecule has 33 heavy (non-hydrogen) atoms. The van der Waals surface area contributed by atoms with Gasteiger partial charge in [-0.05, 0) is 59.7 Å². The van der Waals surface area contributed by atoms with Crippen molar-refractivity contribution in [2.24, 2.45) is 0 Å². The molecule has 8 heteroatoms. The van der Waals surface area contributed by atoms with E-state index in [1.165, 1.54) is 23.5 Å². The zero-order valence-electron chi connectivity index (χ0n) is 18.0. The number of fused-ring (bicyclic) bond motifs is 1. The molecule has 0 N–H and O–H groups in total. The summed E-state index contributed by atoms with van der Waals surface area (Å²) in [6.07, 6.45) is 8.62. The summed E-state index contributed by atoms with van der Waals surface area (Å²) in [6, 6.07) is 12.9. The van der Waals surface area contributed by atoms with E-state index in [-0.39, 0.29) is 24.4 Å². The Morgan fingerprint density at radius 3 is 2.64 bits per heavy atom. The van der Waals surface area contributed by atoms with Crippen molar-refractivity contribution in [1.29, 1.82) is 0 Å². The fourth-order valence-electron chi connectivity index (χ4n) is 5.00. The first-order valence-corrected chi connectivity index (χ1v) is 12.3. The van der Waals surface area contributed by atoms with E-state index in [2.05, 4.69) is 27.6 Å². The number of benzene rings is 2. The second-order valence-electron chi connectivity index (χ2n) is 8.53. The highest BCUT2D eigenvalue weighted by atomic mass is 127. The lowest BCUT2D eigenvalue weighted by Crippen LogP contribution is -2.46. The lowest BCUT2D eigenvalue weighted by atomic mass is 9.94. The number of amides is 2. The van der Waals surface area contributed by atoms with Crippen LogP contribution >= 0.6 is 22.6 Å². The van der Waals surface area contributed by atoms with Crippen LogP contribution in [0.25, 0.3) is 0 Å². The number of imidazole rings is 1. The molecule has 1 atom stereocenters. The molecule has 2 aromatic carbocycles. The van der Waals surface area contributed by atoms with Crippen LogP contribution in [0.15, 0.2) is 60.9 Å². The molecule has 0 bridgehead atoms. The maximum absolute atomic E-state index is 14.2. The molecule has 3 aromatic rings. The van der Waals surface area contributed by atoms with E-state index < -0.39 is 11.9 Å². The van der Waals surface area contributed by atoms with Crippen molar-refractivity contribution in [2.75, 3.05) is 9.80 Å². The summed E-state index contributed by atoms with van der Waals surface area (Å²) in [5.41, 5.74) is 2.01. The smallest absolute Gasteiger partial charge is 0.255 e. The highest BCUT2D eigenvalue weighted by Crippen LogP contribution is 2.44. The molecular formula is C25H24FIN4O2. The van der Waals surface area contributed by atoms with Gasteiger partial charge in [-0.3, -0.25) is 14.5 Å². The Morgan fingerprint density at radius 1 is 1.12 bits per heavy atom. The molecule has 5 rings (SSSR count). The van der Waals surface area contributed by atoms with Crippen molar-refractivity contribution in [3.8, 4) is 0 Å². The molecule has 1 aromatic heterocycles. The number of nitrogens with zero attached hydrogens (tertiary/aromatic N) is 4. The van der Waals surface area contributed by atoms with Gasteiger partial charge >= 0.3 is 0 Å². The van der Waals surface area contributed by atoms with Gasteiger partial charge in [0, 0.05) is 35.4 Å². The van der Waals surface area contributed by atoms with Crippen LogP contribution < -0.4 is 9.80 Å². The summed E-state index contributed by atoms with van der Waals surface area (Å²) in [5.74, 6) is -0.874. The third-order valence-corrected chi connectivity index (χ3v) is 7.38. The van der Waals surface area contributed by atoms with Gasteiger partial charge in [-0.15, -0.1) is 0 Å². The van der Waals surface area contributed by atoms with Gasteiger partial charge in [0.05, 0.1) is 0 Å². The van der Waals surface area contributed by atoms with Crippen molar-refractivity contribution in [3.05, 3.63) is 76.1 Å². The van der Waals surface area contributed by atoms with Crippen molar-refractivity contribution in [3.63, 3.8) is 0 Å². The van der Waals surface area contributed by atoms with Crippen LogP contribution in [0.4, 0.5) is 15.8 Å². The number of hydrogen-bond acceptors (Lipinski definition) is 3. The molecule has 1 unspecified atom stereocenters. The lowest BCUT2D eigenvalue weighted by molar-refractivity contribution is -0.125. The molecule has 2 amide bonds. The first-order chi connectivity index (χ1) is 16.0. The van der Waals surface area contributed by atoms with Gasteiger partial charge in [0.1, 0.15) is 18.4 Å². The van der Waals surface area contributed by atoms with E-state index in [1.807, 2.05) is 29.2 Å². The monoisotopic (exact) mass is 558 g/mol. The Kier molecular flexibility index (Phi) is 6.18. The number of hydrogen-bond donors (Lipinski definition) is 0. The number of aromatic nitrogens is 2. The van der Waals surface area contributed by atoms with Gasteiger partial charge < -0.3 is 9.47 Å². The highest BCUT2D eigenvalue weighted by molar-refractivity contribution is 14.1. The number of halogens is 2. The predicted octanol–water partition coefficient (Wildman–Crippen LogP) is 5.08. The largest absolute Gasteiger partial charge is 0.317 e. The van der Waals surface area contributed by atoms with Crippen LogP contribution in [-0.4, -0.2) is 27.4 Å². The van der Waals surface area contributed by atoms with Crippen molar-refractivity contribution in [2.45, 2.75) is 50.7 Å². The number of carbonyl (C=O) groups is 2. The molecule has 2 heterocycles. The average molecular weight is 558 g/mol. The Labute approximate surface area is 205 Å². The van der Waals surface area contributed by atoms with Crippen LogP contribution in [0.3, 0.4) is 0 Å². The van der Waals surface area contributed by atoms with Crippen LogP contribution in [0.5, 0.6) is 0 Å². The van der Waals surface area contributed by atoms with Gasteiger partial charge in [0.25, 0.3) is 5.91 Å². The van der Waals surface area contributed by atoms with E-state index in [9.17, 15) is 14.0 Å². The second-order valence-corrected chi connectivity index (χ2v) is 9.49. The van der Waals surface area contributed by atoms with Gasteiger partial charge in [-0.25, -0.2) is 9.37 Å². The van der Waals surface area contributed by atoms with Crippen LogP contribution in [0, 0.1) is 9.65 Å². The fraction of sp³-hybridized carbons (Fsp3) is 0.320. The van der Waals surface area contributed by atoms with Crippen molar-refractivity contribution in [1.82, 2.24) is 9.55 Å². The minimum Gasteiger partial charge on any atom is -0.317 e. The standard InChI is InChI=1S/C25H24FIN4O2/c26-17-7-6-10-19(15-17)31(22(32)16-29-14-13-28-25(29)27)23-20-11-4-5-12-21(20)30(24(23)33)18-8-2-1-3-9-18/h4-7,10-15,18,23H,1-3,8-9,16H2. The molecule has 0 spiro atoms. The molecule has 1 aliphatic heterocycles. The van der Waals surface area contributed by atoms with E-state index in [4.69, 9.17) is 0 Å². The quantitative estimate of drug-likeness (QED) is 0.411. The molecule has 1 aliphatic carbocycles. The Balaban J connectivity index is 1.58. The normalized spacial score (nSPS) is 18.4. The zero-order chi connectivity index (χ0) is 22.9. The topological polar surface area (TPSA) is 58.4 Å². The van der Waals surface area contributed by atoms with Crippen molar-refractivity contribution >= 4 is 45.8 Å². The minimum absolute atomic E-state index is 0.00413. The van der Waals surface area contributed by atoms with E-state index in [1.54, 1.807) is 29.1 Å². The van der Waals surface area contributed by atoms with E-state index >= 15 is 0 Å². The fourth-order valence-corrected chi connectivity index (χ4v) is 5.49. The lowest BCUT2D eigenvalue weighted by Gasteiger charge is -2.33. The maximum Gasteiger partial charge on any atom is 0.255 e. The minimum atomic E-state index is -0.835. The van der Waals surface area contributed by atoms with Gasteiger partial charge in [-0.1, -0.05) is 43.5 Å². The molecule has 0 radical (unpaired) electrons. The number of carbonyl (C=O) groups excluding carboxylic acids is 2. The summed E-state index contributed by atoms with van der Waals surface area (Å²) in [7, 11) is 0.